The summed E-state index contributed by atoms with van der Waals surface area (Å²) < 4.78 is 13.2. The van der Waals surface area contributed by atoms with Crippen molar-refractivity contribution in [3.05, 3.63) is 35.6 Å². The number of rotatable bonds is 4. The number of hydrogen-bond acceptors (Lipinski definition) is 2. The van der Waals surface area contributed by atoms with Crippen molar-refractivity contribution < 1.29 is 9.18 Å². The molecule has 0 saturated carbocycles. The van der Waals surface area contributed by atoms with Gasteiger partial charge in [-0.2, -0.15) is 5.26 Å². The molecule has 0 amide bonds. The smallest absolute Gasteiger partial charge is 0.182 e. The second-order valence-corrected chi connectivity index (χ2v) is 3.31. The van der Waals surface area contributed by atoms with Crippen molar-refractivity contribution in [3.8, 4) is 6.07 Å². The van der Waals surface area contributed by atoms with Gasteiger partial charge in [0.05, 0.1) is 11.6 Å². The maximum absolute atomic E-state index is 13.2. The van der Waals surface area contributed by atoms with Crippen molar-refractivity contribution in [2.75, 3.05) is 0 Å². The minimum absolute atomic E-state index is 0.0116. The quantitative estimate of drug-likeness (QED) is 0.709. The van der Waals surface area contributed by atoms with Gasteiger partial charge in [-0.05, 0) is 18.6 Å². The third-order valence-corrected chi connectivity index (χ3v) is 2.19. The van der Waals surface area contributed by atoms with E-state index in [1.807, 2.05) is 13.0 Å². The first-order chi connectivity index (χ1) is 7.20. The van der Waals surface area contributed by atoms with Gasteiger partial charge in [-0.1, -0.05) is 25.5 Å². The van der Waals surface area contributed by atoms with Crippen LogP contribution in [0, 0.1) is 23.1 Å². The number of Topliss-reactive ketones (excluding diaryl/α,β-unsaturated/α-hetero) is 1. The lowest BCUT2D eigenvalue weighted by Gasteiger charge is -2.06. The molecular formula is C12H12FNO. The van der Waals surface area contributed by atoms with Crippen molar-refractivity contribution in [2.45, 2.75) is 19.8 Å². The number of ketones is 1. The van der Waals surface area contributed by atoms with Gasteiger partial charge in [-0.3, -0.25) is 4.79 Å². The third kappa shape index (κ3) is 2.63. The Morgan fingerprint density at radius 2 is 2.20 bits per heavy atom. The molecule has 1 rings (SSSR count). The summed E-state index contributed by atoms with van der Waals surface area (Å²) in [6.45, 7) is 1.89. The van der Waals surface area contributed by atoms with Gasteiger partial charge in [-0.15, -0.1) is 0 Å². The zero-order valence-corrected chi connectivity index (χ0v) is 8.53. The fourth-order valence-electron chi connectivity index (χ4n) is 1.39. The molecule has 0 bridgehead atoms. The fraction of sp³-hybridized carbons (Fsp3) is 0.333. The van der Waals surface area contributed by atoms with Gasteiger partial charge < -0.3 is 0 Å². The number of nitrogens with zero attached hydrogens (tertiary/aromatic N) is 1. The number of nitriles is 1. The highest BCUT2D eigenvalue weighted by atomic mass is 19.1. The Bertz CT molecular complexity index is 395. The highest BCUT2D eigenvalue weighted by molar-refractivity contribution is 5.99. The molecule has 1 aromatic carbocycles. The first-order valence-electron chi connectivity index (χ1n) is 4.89. The van der Waals surface area contributed by atoms with E-state index in [1.165, 1.54) is 18.2 Å². The first-order valence-corrected chi connectivity index (χ1v) is 4.89. The van der Waals surface area contributed by atoms with E-state index in [4.69, 9.17) is 5.26 Å². The summed E-state index contributed by atoms with van der Waals surface area (Å²) in [7, 11) is 0. The molecule has 0 N–H and O–H groups in total. The van der Waals surface area contributed by atoms with Gasteiger partial charge in [-0.25, -0.2) is 4.39 Å². The van der Waals surface area contributed by atoms with E-state index < -0.39 is 17.5 Å². The summed E-state index contributed by atoms with van der Waals surface area (Å²) in [5.74, 6) is -1.71. The molecule has 3 heteroatoms. The molecule has 2 nitrogen and oxygen atoms in total. The van der Waals surface area contributed by atoms with Crippen molar-refractivity contribution in [2.24, 2.45) is 5.92 Å². The minimum Gasteiger partial charge on any atom is -0.293 e. The van der Waals surface area contributed by atoms with Crippen LogP contribution in [0.15, 0.2) is 24.3 Å². The van der Waals surface area contributed by atoms with Crippen LogP contribution in [0.25, 0.3) is 0 Å². The molecule has 1 atom stereocenters. The van der Waals surface area contributed by atoms with E-state index >= 15 is 0 Å². The molecule has 0 fully saturated rings. The molecule has 0 aliphatic carbocycles. The van der Waals surface area contributed by atoms with Gasteiger partial charge in [0.1, 0.15) is 11.7 Å². The molecule has 0 radical (unpaired) electrons. The Hall–Kier alpha value is -1.69. The Morgan fingerprint density at radius 3 is 2.73 bits per heavy atom. The third-order valence-electron chi connectivity index (χ3n) is 2.19. The maximum atomic E-state index is 13.2. The number of carbonyl (C=O) groups is 1. The zero-order chi connectivity index (χ0) is 11.3. The van der Waals surface area contributed by atoms with Crippen LogP contribution in [0.5, 0.6) is 0 Å². The Balaban J connectivity index is 2.94. The molecule has 0 aliphatic heterocycles. The standard InChI is InChI=1S/C12H12FNO/c1-2-5-9(8-14)12(15)10-6-3-4-7-11(10)13/h3-4,6-7,9H,2,5H2,1H3. The van der Waals surface area contributed by atoms with Gasteiger partial charge in [0.25, 0.3) is 0 Å². The van der Waals surface area contributed by atoms with Crippen LogP contribution in [-0.4, -0.2) is 5.78 Å². The number of hydrogen-bond donors (Lipinski definition) is 0. The summed E-state index contributed by atoms with van der Waals surface area (Å²) in [6.07, 6.45) is 1.21. The van der Waals surface area contributed by atoms with Gasteiger partial charge in [0.2, 0.25) is 0 Å². The fourth-order valence-corrected chi connectivity index (χ4v) is 1.39. The van der Waals surface area contributed by atoms with E-state index in [-0.39, 0.29) is 5.56 Å². The highest BCUT2D eigenvalue weighted by Crippen LogP contribution is 2.16. The van der Waals surface area contributed by atoms with Gasteiger partial charge >= 0.3 is 0 Å². The Labute approximate surface area is 88.3 Å². The lowest BCUT2D eigenvalue weighted by atomic mass is 9.94. The molecule has 78 valence electrons. The van der Waals surface area contributed by atoms with Crippen LogP contribution < -0.4 is 0 Å². The monoisotopic (exact) mass is 205 g/mol. The number of carbonyl (C=O) groups excluding carboxylic acids is 1. The lowest BCUT2D eigenvalue weighted by Crippen LogP contribution is -2.14. The molecule has 1 aromatic rings. The molecule has 0 heterocycles. The molecule has 0 aromatic heterocycles. The second-order valence-electron chi connectivity index (χ2n) is 3.31. The number of halogens is 1. The van der Waals surface area contributed by atoms with Crippen molar-refractivity contribution in [3.63, 3.8) is 0 Å². The van der Waals surface area contributed by atoms with E-state index in [9.17, 15) is 9.18 Å². The van der Waals surface area contributed by atoms with Crippen molar-refractivity contribution >= 4 is 5.78 Å². The van der Waals surface area contributed by atoms with Gasteiger partial charge in [0.15, 0.2) is 5.78 Å². The molecule has 0 spiro atoms. The van der Waals surface area contributed by atoms with Crippen molar-refractivity contribution in [1.29, 1.82) is 5.26 Å². The average molecular weight is 205 g/mol. The highest BCUT2D eigenvalue weighted by Gasteiger charge is 2.20. The van der Waals surface area contributed by atoms with Crippen LogP contribution in [0.2, 0.25) is 0 Å². The predicted octanol–water partition coefficient (Wildman–Crippen LogP) is 2.95. The van der Waals surface area contributed by atoms with Crippen molar-refractivity contribution in [1.82, 2.24) is 0 Å². The molecule has 0 saturated heterocycles. The topological polar surface area (TPSA) is 40.9 Å². The van der Waals surface area contributed by atoms with Gasteiger partial charge in [0, 0.05) is 0 Å². The molecule has 1 unspecified atom stereocenters. The summed E-state index contributed by atoms with van der Waals surface area (Å²) in [5, 5.41) is 8.79. The SMILES string of the molecule is CCCC(C#N)C(=O)c1ccccc1F. The van der Waals surface area contributed by atoms with E-state index in [0.717, 1.165) is 6.42 Å². The van der Waals surface area contributed by atoms with E-state index in [2.05, 4.69) is 0 Å². The summed E-state index contributed by atoms with van der Waals surface area (Å²) in [4.78, 5) is 11.7. The molecular weight excluding hydrogens is 193 g/mol. The normalized spacial score (nSPS) is 11.8. The summed E-state index contributed by atoms with van der Waals surface area (Å²) in [5.41, 5.74) is 0.0116. The Morgan fingerprint density at radius 1 is 1.53 bits per heavy atom. The average Bonchev–Trinajstić information content (AvgIpc) is 2.25. The van der Waals surface area contributed by atoms with E-state index in [0.29, 0.717) is 6.42 Å². The minimum atomic E-state index is -0.730. The largest absolute Gasteiger partial charge is 0.293 e. The van der Waals surface area contributed by atoms with E-state index in [1.54, 1.807) is 6.07 Å². The Kier molecular flexibility index (Phi) is 3.99. The van der Waals surface area contributed by atoms with Crippen LogP contribution >= 0.6 is 0 Å². The second kappa shape index (κ2) is 5.26. The van der Waals surface area contributed by atoms with Crippen LogP contribution in [0.3, 0.4) is 0 Å². The zero-order valence-electron chi connectivity index (χ0n) is 8.53. The summed E-state index contributed by atoms with van der Waals surface area (Å²) >= 11 is 0. The van der Waals surface area contributed by atoms with Crippen LogP contribution in [0.4, 0.5) is 4.39 Å². The maximum Gasteiger partial charge on any atom is 0.182 e. The predicted molar refractivity (Wildman–Crippen MR) is 54.7 cm³/mol. The van der Waals surface area contributed by atoms with Crippen LogP contribution in [0.1, 0.15) is 30.1 Å². The molecule has 15 heavy (non-hydrogen) atoms. The molecule has 0 aliphatic rings. The lowest BCUT2D eigenvalue weighted by molar-refractivity contribution is 0.0939. The number of benzene rings is 1. The summed E-state index contributed by atoms with van der Waals surface area (Å²) in [6, 6.07) is 7.67. The first kappa shape index (κ1) is 11.4. The van der Waals surface area contributed by atoms with Crippen LogP contribution in [-0.2, 0) is 0 Å².